The van der Waals surface area contributed by atoms with Crippen LogP contribution in [0.15, 0.2) is 9.72 Å². The first-order valence-corrected chi connectivity index (χ1v) is 9.04. The van der Waals surface area contributed by atoms with Crippen molar-refractivity contribution < 1.29 is 22.7 Å². The second kappa shape index (κ2) is 7.30. The van der Waals surface area contributed by atoms with Crippen LogP contribution in [0.2, 0.25) is 0 Å². The molecule has 1 fully saturated rings. The molecular formula is C12H18N2O5S2. The molecule has 7 nitrogen and oxygen atoms in total. The summed E-state index contributed by atoms with van der Waals surface area (Å²) < 4.78 is 36.8. The number of nitrogens with zero attached hydrogens (tertiary/aromatic N) is 1. The molecule has 2 heterocycles. The summed E-state index contributed by atoms with van der Waals surface area (Å²) >= 11 is 0.893. The van der Waals surface area contributed by atoms with Gasteiger partial charge in [0.1, 0.15) is 0 Å². The van der Waals surface area contributed by atoms with Crippen LogP contribution >= 0.6 is 11.3 Å². The van der Waals surface area contributed by atoms with Crippen molar-refractivity contribution in [1.82, 2.24) is 9.71 Å². The number of esters is 1. The molecule has 118 valence electrons. The van der Waals surface area contributed by atoms with E-state index < -0.39 is 16.0 Å². The predicted molar refractivity (Wildman–Crippen MR) is 76.9 cm³/mol. The summed E-state index contributed by atoms with van der Waals surface area (Å²) in [6, 6.07) is 0. The van der Waals surface area contributed by atoms with E-state index in [-0.39, 0.29) is 22.6 Å². The minimum atomic E-state index is -3.75. The van der Waals surface area contributed by atoms with Gasteiger partial charge in [-0.05, 0) is 25.7 Å². The van der Waals surface area contributed by atoms with Crippen molar-refractivity contribution in [3.63, 3.8) is 0 Å². The lowest BCUT2D eigenvalue weighted by Gasteiger charge is -2.22. The van der Waals surface area contributed by atoms with Gasteiger partial charge in [-0.3, -0.25) is 0 Å². The first-order valence-electron chi connectivity index (χ1n) is 6.67. The molecule has 1 saturated heterocycles. The molecule has 1 aromatic heterocycles. The molecule has 1 aromatic rings. The molecule has 0 aromatic carbocycles. The number of methoxy groups -OCH3 is 1. The van der Waals surface area contributed by atoms with E-state index >= 15 is 0 Å². The van der Waals surface area contributed by atoms with Crippen molar-refractivity contribution in [1.29, 1.82) is 0 Å². The summed E-state index contributed by atoms with van der Waals surface area (Å²) in [7, 11) is -2.57. The highest BCUT2D eigenvalue weighted by molar-refractivity contribution is 7.91. The molecule has 1 atom stereocenters. The van der Waals surface area contributed by atoms with Crippen LogP contribution in [0.25, 0.3) is 0 Å². The lowest BCUT2D eigenvalue weighted by Crippen LogP contribution is -2.30. The smallest absolute Gasteiger partial charge is 0.358 e. The Balaban J connectivity index is 1.95. The molecule has 0 spiro atoms. The van der Waals surface area contributed by atoms with E-state index in [9.17, 15) is 13.2 Å². The topological polar surface area (TPSA) is 94.6 Å². The van der Waals surface area contributed by atoms with Crippen LogP contribution < -0.4 is 4.72 Å². The van der Waals surface area contributed by atoms with Crippen LogP contribution in [0.5, 0.6) is 0 Å². The van der Waals surface area contributed by atoms with Crippen molar-refractivity contribution in [3.8, 4) is 0 Å². The Kier molecular flexibility index (Phi) is 5.68. The van der Waals surface area contributed by atoms with Crippen LogP contribution in [-0.2, 0) is 19.5 Å². The number of hydrogen-bond donors (Lipinski definition) is 1. The van der Waals surface area contributed by atoms with Gasteiger partial charge in [-0.2, -0.15) is 0 Å². The molecule has 21 heavy (non-hydrogen) atoms. The van der Waals surface area contributed by atoms with Crippen molar-refractivity contribution in [3.05, 3.63) is 11.2 Å². The van der Waals surface area contributed by atoms with Gasteiger partial charge in [0.05, 0.1) is 18.7 Å². The van der Waals surface area contributed by atoms with Crippen LogP contribution in [0.1, 0.15) is 36.2 Å². The lowest BCUT2D eigenvalue weighted by molar-refractivity contribution is 0.0123. The first-order chi connectivity index (χ1) is 10.0. The molecule has 1 aliphatic rings. The molecule has 2 rings (SSSR count). The largest absolute Gasteiger partial charge is 0.464 e. The maximum atomic E-state index is 12.2. The highest BCUT2D eigenvalue weighted by Gasteiger charge is 2.26. The van der Waals surface area contributed by atoms with E-state index in [1.165, 1.54) is 12.6 Å². The fraction of sp³-hybridized carbons (Fsp3) is 0.667. The number of hydrogen-bond acceptors (Lipinski definition) is 7. The molecule has 1 unspecified atom stereocenters. The van der Waals surface area contributed by atoms with E-state index in [2.05, 4.69) is 14.4 Å². The van der Waals surface area contributed by atoms with Crippen molar-refractivity contribution in [2.24, 2.45) is 0 Å². The quantitative estimate of drug-likeness (QED) is 0.785. The minimum absolute atomic E-state index is 0.1000. The summed E-state index contributed by atoms with van der Waals surface area (Å²) in [5.41, 5.74) is 1.13. The summed E-state index contributed by atoms with van der Waals surface area (Å²) in [5, 5.41) is 0. The van der Waals surface area contributed by atoms with Gasteiger partial charge in [-0.1, -0.05) is 0 Å². The lowest BCUT2D eigenvalue weighted by atomic mass is 10.1. The number of aromatic nitrogens is 1. The average molecular weight is 334 g/mol. The highest BCUT2D eigenvalue weighted by Crippen LogP contribution is 2.21. The number of thiazole rings is 1. The van der Waals surface area contributed by atoms with Gasteiger partial charge in [0.2, 0.25) is 0 Å². The third-order valence-electron chi connectivity index (χ3n) is 3.19. The Morgan fingerprint density at radius 2 is 2.38 bits per heavy atom. The zero-order valence-corrected chi connectivity index (χ0v) is 13.3. The van der Waals surface area contributed by atoms with E-state index in [1.807, 2.05) is 0 Å². The molecule has 0 amide bonds. The normalized spacial score (nSPS) is 19.4. The Labute approximate surface area is 127 Å². The standard InChI is InChI=1S/C12H18N2O5S2/c1-18-11(15)10-12(20-8-13-10)21(16,17)14-6-5-9-4-2-3-7-19-9/h8-9,14H,2-7H2,1H3. The number of carbonyl (C=O) groups is 1. The molecule has 0 saturated carbocycles. The van der Waals surface area contributed by atoms with E-state index in [1.54, 1.807) is 0 Å². The summed E-state index contributed by atoms with van der Waals surface area (Å²) in [5.74, 6) is -0.757. The zero-order valence-electron chi connectivity index (χ0n) is 11.7. The summed E-state index contributed by atoms with van der Waals surface area (Å²) in [6.45, 7) is 1.00. The number of rotatable bonds is 6. The fourth-order valence-electron chi connectivity index (χ4n) is 2.11. The van der Waals surface area contributed by atoms with Crippen LogP contribution in [0.3, 0.4) is 0 Å². The summed E-state index contributed by atoms with van der Waals surface area (Å²) in [4.78, 5) is 15.2. The second-order valence-electron chi connectivity index (χ2n) is 4.66. The van der Waals surface area contributed by atoms with Gasteiger partial charge in [0, 0.05) is 13.2 Å². The van der Waals surface area contributed by atoms with E-state index in [4.69, 9.17) is 4.74 Å². The van der Waals surface area contributed by atoms with Crippen LogP contribution in [-0.4, -0.2) is 45.7 Å². The summed E-state index contributed by atoms with van der Waals surface area (Å²) in [6.07, 6.45) is 3.84. The van der Waals surface area contributed by atoms with Crippen LogP contribution in [0, 0.1) is 0 Å². The molecule has 1 aliphatic heterocycles. The van der Waals surface area contributed by atoms with Gasteiger partial charge in [0.25, 0.3) is 10.0 Å². The maximum absolute atomic E-state index is 12.2. The Hall–Kier alpha value is -1.03. The molecular weight excluding hydrogens is 316 g/mol. The number of sulfonamides is 1. The average Bonchev–Trinajstić information content (AvgIpc) is 2.98. The molecule has 1 N–H and O–H groups in total. The first kappa shape index (κ1) is 16.3. The third kappa shape index (κ3) is 4.22. The molecule has 0 radical (unpaired) electrons. The van der Waals surface area contributed by atoms with Crippen molar-refractivity contribution >= 4 is 27.3 Å². The van der Waals surface area contributed by atoms with Gasteiger partial charge in [-0.25, -0.2) is 22.9 Å². The second-order valence-corrected chi connectivity index (χ2v) is 7.47. The molecule has 0 aliphatic carbocycles. The van der Waals surface area contributed by atoms with E-state index in [0.29, 0.717) is 6.42 Å². The Bertz CT molecular complexity index is 578. The van der Waals surface area contributed by atoms with Crippen molar-refractivity contribution in [2.45, 2.75) is 36.0 Å². The Morgan fingerprint density at radius 3 is 3.05 bits per heavy atom. The van der Waals surface area contributed by atoms with Gasteiger partial charge >= 0.3 is 5.97 Å². The maximum Gasteiger partial charge on any atom is 0.358 e. The van der Waals surface area contributed by atoms with Crippen molar-refractivity contribution in [2.75, 3.05) is 20.3 Å². The monoisotopic (exact) mass is 334 g/mol. The van der Waals surface area contributed by atoms with Crippen LogP contribution in [0.4, 0.5) is 0 Å². The third-order valence-corrected chi connectivity index (χ3v) is 6.02. The molecule has 9 heteroatoms. The van der Waals surface area contributed by atoms with Gasteiger partial charge < -0.3 is 9.47 Å². The van der Waals surface area contributed by atoms with E-state index in [0.717, 1.165) is 37.2 Å². The highest BCUT2D eigenvalue weighted by atomic mass is 32.2. The predicted octanol–water partition coefficient (Wildman–Crippen LogP) is 1.17. The van der Waals surface area contributed by atoms with Gasteiger partial charge in [-0.15, -0.1) is 11.3 Å². The number of ether oxygens (including phenoxy) is 2. The SMILES string of the molecule is COC(=O)c1ncsc1S(=O)(=O)NCCC1CCCCO1. The number of carbonyl (C=O) groups excluding carboxylic acids is 1. The fourth-order valence-corrected chi connectivity index (χ4v) is 4.34. The minimum Gasteiger partial charge on any atom is -0.464 e. The number of nitrogens with one attached hydrogen (secondary N) is 1. The zero-order chi connectivity index (χ0) is 15.3. The molecule has 0 bridgehead atoms. The Morgan fingerprint density at radius 1 is 1.57 bits per heavy atom. The van der Waals surface area contributed by atoms with Gasteiger partial charge in [0.15, 0.2) is 9.90 Å².